The zero-order valence-corrected chi connectivity index (χ0v) is 14.6. The molecule has 0 aliphatic heterocycles. The maximum atomic E-state index is 13.2. The number of nitrogens with one attached hydrogen (secondary N) is 1. The van der Waals surface area contributed by atoms with Crippen LogP contribution in [0.15, 0.2) is 51.7 Å². The molecular formula is C20H17F2NO4. The summed E-state index contributed by atoms with van der Waals surface area (Å²) in [6.45, 7) is 1.67. The monoisotopic (exact) mass is 373 g/mol. The molecule has 0 aliphatic rings. The van der Waals surface area contributed by atoms with Crippen LogP contribution in [0.3, 0.4) is 0 Å². The second-order valence-corrected chi connectivity index (χ2v) is 5.96. The van der Waals surface area contributed by atoms with Gasteiger partial charge in [-0.25, -0.2) is 13.6 Å². The number of amides is 1. The Morgan fingerprint density at radius 3 is 2.67 bits per heavy atom. The predicted octanol–water partition coefficient (Wildman–Crippen LogP) is 4.04. The second-order valence-electron chi connectivity index (χ2n) is 5.96. The van der Waals surface area contributed by atoms with Gasteiger partial charge in [0.1, 0.15) is 11.3 Å². The molecule has 0 fully saturated rings. The Kier molecular flexibility index (Phi) is 5.49. The Hall–Kier alpha value is -3.22. The SMILES string of the molecule is CCCc1cc(=O)oc2cc(OCC(=O)Nc3ccc(F)c(F)c3)ccc12. The molecule has 0 saturated heterocycles. The van der Waals surface area contributed by atoms with Gasteiger partial charge in [-0.2, -0.15) is 0 Å². The Morgan fingerprint density at radius 2 is 1.93 bits per heavy atom. The lowest BCUT2D eigenvalue weighted by Crippen LogP contribution is -2.20. The second kappa shape index (κ2) is 7.99. The molecule has 0 unspecified atom stereocenters. The molecule has 1 amide bonds. The molecular weight excluding hydrogens is 356 g/mol. The Bertz CT molecular complexity index is 1050. The van der Waals surface area contributed by atoms with E-state index in [2.05, 4.69) is 5.32 Å². The van der Waals surface area contributed by atoms with Crippen LogP contribution in [0.25, 0.3) is 11.0 Å². The molecule has 3 rings (SSSR count). The lowest BCUT2D eigenvalue weighted by molar-refractivity contribution is -0.118. The van der Waals surface area contributed by atoms with E-state index in [1.54, 1.807) is 18.2 Å². The van der Waals surface area contributed by atoms with E-state index < -0.39 is 23.2 Å². The number of hydrogen-bond donors (Lipinski definition) is 1. The van der Waals surface area contributed by atoms with E-state index in [-0.39, 0.29) is 12.3 Å². The number of carbonyl (C=O) groups is 1. The number of carbonyl (C=O) groups excluding carboxylic acids is 1. The Morgan fingerprint density at radius 1 is 1.11 bits per heavy atom. The van der Waals surface area contributed by atoms with Crippen molar-refractivity contribution in [1.29, 1.82) is 0 Å². The first kappa shape index (κ1) is 18.6. The van der Waals surface area contributed by atoms with Crippen LogP contribution in [0, 0.1) is 11.6 Å². The van der Waals surface area contributed by atoms with Crippen molar-refractivity contribution in [1.82, 2.24) is 0 Å². The molecule has 5 nitrogen and oxygen atoms in total. The fraction of sp³-hybridized carbons (Fsp3) is 0.200. The zero-order valence-electron chi connectivity index (χ0n) is 14.6. The molecule has 0 atom stereocenters. The number of halogens is 2. The molecule has 0 spiro atoms. The van der Waals surface area contributed by atoms with Crippen LogP contribution in [0.1, 0.15) is 18.9 Å². The van der Waals surface area contributed by atoms with E-state index >= 15 is 0 Å². The van der Waals surface area contributed by atoms with Crippen molar-refractivity contribution < 1.29 is 22.7 Å². The number of anilines is 1. The van der Waals surface area contributed by atoms with Crippen molar-refractivity contribution in [3.05, 3.63) is 70.1 Å². The molecule has 1 aromatic heterocycles. The van der Waals surface area contributed by atoms with Crippen LogP contribution < -0.4 is 15.7 Å². The van der Waals surface area contributed by atoms with Crippen LogP contribution in [-0.4, -0.2) is 12.5 Å². The minimum absolute atomic E-state index is 0.121. The summed E-state index contributed by atoms with van der Waals surface area (Å²) >= 11 is 0. The number of rotatable bonds is 6. The van der Waals surface area contributed by atoms with Crippen molar-refractivity contribution >= 4 is 22.6 Å². The van der Waals surface area contributed by atoms with Gasteiger partial charge in [0.2, 0.25) is 0 Å². The van der Waals surface area contributed by atoms with Gasteiger partial charge >= 0.3 is 5.63 Å². The quantitative estimate of drug-likeness (QED) is 0.662. The lowest BCUT2D eigenvalue weighted by Gasteiger charge is -2.09. The third-order valence-corrected chi connectivity index (χ3v) is 3.89. The standard InChI is InChI=1S/C20H17F2NO4/c1-2-3-12-8-20(25)27-18-10-14(5-6-15(12)18)26-11-19(24)23-13-4-7-16(21)17(22)9-13/h4-10H,2-3,11H2,1H3,(H,23,24). The van der Waals surface area contributed by atoms with Gasteiger partial charge in [-0.15, -0.1) is 0 Å². The third-order valence-electron chi connectivity index (χ3n) is 3.89. The highest BCUT2D eigenvalue weighted by Gasteiger charge is 2.09. The van der Waals surface area contributed by atoms with E-state index in [0.29, 0.717) is 11.3 Å². The van der Waals surface area contributed by atoms with E-state index in [1.165, 1.54) is 12.1 Å². The molecule has 1 N–H and O–H groups in total. The average molecular weight is 373 g/mol. The molecule has 0 saturated carbocycles. The maximum absolute atomic E-state index is 13.2. The van der Waals surface area contributed by atoms with E-state index in [1.807, 2.05) is 6.92 Å². The number of aryl methyl sites for hydroxylation is 1. The number of hydrogen-bond acceptors (Lipinski definition) is 4. The van der Waals surface area contributed by atoms with Crippen LogP contribution in [0.5, 0.6) is 5.75 Å². The molecule has 0 aliphatic carbocycles. The molecule has 0 bridgehead atoms. The number of ether oxygens (including phenoxy) is 1. The molecule has 140 valence electrons. The molecule has 1 heterocycles. The fourth-order valence-electron chi connectivity index (χ4n) is 2.70. The first-order valence-corrected chi connectivity index (χ1v) is 8.40. The highest BCUT2D eigenvalue weighted by Crippen LogP contribution is 2.23. The average Bonchev–Trinajstić information content (AvgIpc) is 2.63. The number of fused-ring (bicyclic) bond motifs is 1. The summed E-state index contributed by atoms with van der Waals surface area (Å²) in [7, 11) is 0. The zero-order chi connectivity index (χ0) is 19.4. The molecule has 0 radical (unpaired) electrons. The van der Waals surface area contributed by atoms with Crippen molar-refractivity contribution in [3.63, 3.8) is 0 Å². The topological polar surface area (TPSA) is 68.5 Å². The molecule has 7 heteroatoms. The molecule has 3 aromatic rings. The summed E-state index contributed by atoms with van der Waals surface area (Å²) in [5.74, 6) is -2.24. The van der Waals surface area contributed by atoms with Gasteiger partial charge < -0.3 is 14.5 Å². The lowest BCUT2D eigenvalue weighted by atomic mass is 10.1. The van der Waals surface area contributed by atoms with Crippen molar-refractivity contribution in [2.24, 2.45) is 0 Å². The van der Waals surface area contributed by atoms with Gasteiger partial charge in [-0.3, -0.25) is 4.79 Å². The highest BCUT2D eigenvalue weighted by atomic mass is 19.2. The fourth-order valence-corrected chi connectivity index (χ4v) is 2.70. The normalized spacial score (nSPS) is 10.8. The predicted molar refractivity (Wildman–Crippen MR) is 97.0 cm³/mol. The van der Waals surface area contributed by atoms with Crippen molar-refractivity contribution in [2.45, 2.75) is 19.8 Å². The summed E-state index contributed by atoms with van der Waals surface area (Å²) in [6, 6.07) is 9.51. The first-order chi connectivity index (χ1) is 13.0. The van der Waals surface area contributed by atoms with Gasteiger partial charge in [0.05, 0.1) is 0 Å². The maximum Gasteiger partial charge on any atom is 0.336 e. The molecule has 2 aromatic carbocycles. The van der Waals surface area contributed by atoms with Gasteiger partial charge in [-0.1, -0.05) is 13.3 Å². The smallest absolute Gasteiger partial charge is 0.336 e. The van der Waals surface area contributed by atoms with Gasteiger partial charge in [-0.05, 0) is 36.2 Å². The van der Waals surface area contributed by atoms with Crippen LogP contribution in [0.4, 0.5) is 14.5 Å². The third kappa shape index (κ3) is 4.49. The van der Waals surface area contributed by atoms with Crippen LogP contribution >= 0.6 is 0 Å². The highest BCUT2D eigenvalue weighted by molar-refractivity contribution is 5.92. The van der Waals surface area contributed by atoms with E-state index in [0.717, 1.165) is 35.9 Å². The van der Waals surface area contributed by atoms with Crippen molar-refractivity contribution in [3.8, 4) is 5.75 Å². The first-order valence-electron chi connectivity index (χ1n) is 8.40. The van der Waals surface area contributed by atoms with Gasteiger partial charge in [0.25, 0.3) is 5.91 Å². The van der Waals surface area contributed by atoms with E-state index in [9.17, 15) is 18.4 Å². The minimum atomic E-state index is -1.05. The summed E-state index contributed by atoms with van der Waals surface area (Å²) in [6.07, 6.45) is 1.64. The largest absolute Gasteiger partial charge is 0.484 e. The van der Waals surface area contributed by atoms with Crippen molar-refractivity contribution in [2.75, 3.05) is 11.9 Å². The molecule has 27 heavy (non-hydrogen) atoms. The summed E-state index contributed by atoms with van der Waals surface area (Å²) < 4.78 is 36.7. The Labute approximate surface area is 153 Å². The summed E-state index contributed by atoms with van der Waals surface area (Å²) in [4.78, 5) is 23.6. The summed E-state index contributed by atoms with van der Waals surface area (Å²) in [5.41, 5.74) is 0.950. The van der Waals surface area contributed by atoms with Gasteiger partial charge in [0, 0.05) is 29.3 Å². The van der Waals surface area contributed by atoms with Gasteiger partial charge in [0.15, 0.2) is 18.2 Å². The Balaban J connectivity index is 1.70. The van der Waals surface area contributed by atoms with Crippen LogP contribution in [0.2, 0.25) is 0 Å². The van der Waals surface area contributed by atoms with Crippen LogP contribution in [-0.2, 0) is 11.2 Å². The minimum Gasteiger partial charge on any atom is -0.484 e. The summed E-state index contributed by atoms with van der Waals surface area (Å²) in [5, 5.41) is 3.22. The number of benzene rings is 2. The van der Waals surface area contributed by atoms with E-state index in [4.69, 9.17) is 9.15 Å².